The molecule has 1 aromatic carbocycles. The summed E-state index contributed by atoms with van der Waals surface area (Å²) in [6.07, 6.45) is 1.87. The van der Waals surface area contributed by atoms with Crippen LogP contribution in [0.4, 0.5) is 4.39 Å². The summed E-state index contributed by atoms with van der Waals surface area (Å²) in [7, 11) is 0. The molecule has 4 nitrogen and oxygen atoms in total. The third-order valence-electron chi connectivity index (χ3n) is 3.27. The van der Waals surface area contributed by atoms with Gasteiger partial charge in [0.1, 0.15) is 10.8 Å². The standard InChI is InChI=1S/C16H19FN2O2S/c1-2-3-13(8-15(20)21)18-9-14-10-22-16(19-14)11-4-6-12(17)7-5-11/h4-7,10,13,18H,2-3,8-9H2,1H3,(H,20,21)/t13-/m1/s1. The van der Waals surface area contributed by atoms with Gasteiger partial charge >= 0.3 is 5.97 Å². The summed E-state index contributed by atoms with van der Waals surface area (Å²) in [6, 6.07) is 6.20. The van der Waals surface area contributed by atoms with Crippen LogP contribution in [0.15, 0.2) is 29.6 Å². The molecule has 2 aromatic rings. The molecule has 1 atom stereocenters. The molecule has 2 N–H and O–H groups in total. The lowest BCUT2D eigenvalue weighted by molar-refractivity contribution is -0.137. The van der Waals surface area contributed by atoms with Crippen molar-refractivity contribution < 1.29 is 14.3 Å². The van der Waals surface area contributed by atoms with E-state index >= 15 is 0 Å². The number of benzene rings is 1. The molecule has 0 amide bonds. The van der Waals surface area contributed by atoms with Crippen LogP contribution >= 0.6 is 11.3 Å². The van der Waals surface area contributed by atoms with E-state index in [9.17, 15) is 9.18 Å². The highest BCUT2D eigenvalue weighted by atomic mass is 32.1. The summed E-state index contributed by atoms with van der Waals surface area (Å²) in [6.45, 7) is 2.57. The second-order valence-corrected chi connectivity index (χ2v) is 5.97. The van der Waals surface area contributed by atoms with Gasteiger partial charge in [0.15, 0.2) is 0 Å². The highest BCUT2D eigenvalue weighted by molar-refractivity contribution is 7.13. The minimum Gasteiger partial charge on any atom is -0.481 e. The Balaban J connectivity index is 1.96. The van der Waals surface area contributed by atoms with E-state index in [-0.39, 0.29) is 18.3 Å². The Morgan fingerprint density at radius 2 is 2.14 bits per heavy atom. The molecule has 6 heteroatoms. The monoisotopic (exact) mass is 322 g/mol. The van der Waals surface area contributed by atoms with E-state index in [2.05, 4.69) is 10.3 Å². The first-order chi connectivity index (χ1) is 10.6. The second kappa shape index (κ2) is 8.00. The van der Waals surface area contributed by atoms with Crippen LogP contribution < -0.4 is 5.32 Å². The number of hydrogen-bond acceptors (Lipinski definition) is 4. The van der Waals surface area contributed by atoms with Gasteiger partial charge < -0.3 is 10.4 Å². The molecule has 0 bridgehead atoms. The minimum atomic E-state index is -0.795. The zero-order chi connectivity index (χ0) is 15.9. The highest BCUT2D eigenvalue weighted by Gasteiger charge is 2.12. The molecule has 0 aliphatic heterocycles. The Bertz CT molecular complexity index is 613. The number of carboxylic acid groups (broad SMARTS) is 1. The van der Waals surface area contributed by atoms with E-state index in [0.29, 0.717) is 6.54 Å². The third-order valence-corrected chi connectivity index (χ3v) is 4.21. The first-order valence-electron chi connectivity index (χ1n) is 7.24. The van der Waals surface area contributed by atoms with Gasteiger partial charge in [-0.3, -0.25) is 4.79 Å². The molecular formula is C16H19FN2O2S. The van der Waals surface area contributed by atoms with Crippen LogP contribution in [0.1, 0.15) is 31.9 Å². The maximum atomic E-state index is 12.9. The van der Waals surface area contributed by atoms with Gasteiger partial charge in [0.05, 0.1) is 12.1 Å². The SMILES string of the molecule is CCC[C@H](CC(=O)O)NCc1csc(-c2ccc(F)cc2)n1. The highest BCUT2D eigenvalue weighted by Crippen LogP contribution is 2.23. The van der Waals surface area contributed by atoms with E-state index < -0.39 is 5.97 Å². The number of carbonyl (C=O) groups is 1. The fraction of sp³-hybridized carbons (Fsp3) is 0.375. The summed E-state index contributed by atoms with van der Waals surface area (Å²) >= 11 is 1.50. The Labute approximate surface area is 133 Å². The van der Waals surface area contributed by atoms with Gasteiger partial charge in [0, 0.05) is 23.5 Å². The Kier molecular flexibility index (Phi) is 6.03. The van der Waals surface area contributed by atoms with Crippen molar-refractivity contribution in [1.29, 1.82) is 0 Å². The largest absolute Gasteiger partial charge is 0.481 e. The maximum absolute atomic E-state index is 12.9. The van der Waals surface area contributed by atoms with Crippen molar-refractivity contribution >= 4 is 17.3 Å². The molecule has 0 aliphatic carbocycles. The quantitative estimate of drug-likeness (QED) is 0.778. The zero-order valence-corrected chi connectivity index (χ0v) is 13.2. The molecule has 0 radical (unpaired) electrons. The Morgan fingerprint density at radius 3 is 2.77 bits per heavy atom. The Hall–Kier alpha value is -1.79. The lowest BCUT2D eigenvalue weighted by Crippen LogP contribution is -2.31. The minimum absolute atomic E-state index is 0.0431. The second-order valence-electron chi connectivity index (χ2n) is 5.12. The lowest BCUT2D eigenvalue weighted by atomic mass is 10.1. The first-order valence-corrected chi connectivity index (χ1v) is 8.12. The van der Waals surface area contributed by atoms with Crippen molar-refractivity contribution in [2.45, 2.75) is 38.8 Å². The molecule has 22 heavy (non-hydrogen) atoms. The molecule has 0 fully saturated rings. The number of nitrogens with one attached hydrogen (secondary N) is 1. The van der Waals surface area contributed by atoms with Crippen molar-refractivity contribution in [2.75, 3.05) is 0 Å². The van der Waals surface area contributed by atoms with Crippen molar-refractivity contribution in [3.63, 3.8) is 0 Å². The maximum Gasteiger partial charge on any atom is 0.304 e. The predicted molar refractivity (Wildman–Crippen MR) is 85.3 cm³/mol. The van der Waals surface area contributed by atoms with E-state index in [1.165, 1.54) is 23.5 Å². The fourth-order valence-corrected chi connectivity index (χ4v) is 3.02. The van der Waals surface area contributed by atoms with Crippen LogP contribution in [-0.2, 0) is 11.3 Å². The van der Waals surface area contributed by atoms with Gasteiger partial charge in [-0.05, 0) is 30.7 Å². The van der Waals surface area contributed by atoms with Gasteiger partial charge in [0.2, 0.25) is 0 Å². The van der Waals surface area contributed by atoms with Crippen LogP contribution in [-0.4, -0.2) is 22.1 Å². The van der Waals surface area contributed by atoms with Crippen LogP contribution in [0.3, 0.4) is 0 Å². The molecule has 0 spiro atoms. The number of nitrogens with zero attached hydrogens (tertiary/aromatic N) is 1. The van der Waals surface area contributed by atoms with Crippen molar-refractivity contribution in [3.05, 3.63) is 41.2 Å². The Morgan fingerprint density at radius 1 is 1.41 bits per heavy atom. The summed E-state index contributed by atoms with van der Waals surface area (Å²) in [5.41, 5.74) is 1.75. The van der Waals surface area contributed by atoms with Crippen LogP contribution in [0.25, 0.3) is 10.6 Å². The number of carboxylic acids is 1. The van der Waals surface area contributed by atoms with Crippen molar-refractivity contribution in [2.24, 2.45) is 0 Å². The lowest BCUT2D eigenvalue weighted by Gasteiger charge is -2.14. The molecule has 0 saturated carbocycles. The van der Waals surface area contributed by atoms with Crippen molar-refractivity contribution in [1.82, 2.24) is 10.3 Å². The molecule has 1 heterocycles. The summed E-state index contributed by atoms with van der Waals surface area (Å²) in [5.74, 6) is -1.06. The number of halogens is 1. The van der Waals surface area contributed by atoms with Crippen LogP contribution in [0.5, 0.6) is 0 Å². The number of hydrogen-bond donors (Lipinski definition) is 2. The number of aromatic nitrogens is 1. The van der Waals surface area contributed by atoms with Gasteiger partial charge in [-0.25, -0.2) is 9.37 Å². The summed E-state index contributed by atoms with van der Waals surface area (Å²) in [4.78, 5) is 15.3. The average molecular weight is 322 g/mol. The molecule has 2 rings (SSSR count). The molecular weight excluding hydrogens is 303 g/mol. The van der Waals surface area contributed by atoms with Gasteiger partial charge in [-0.2, -0.15) is 0 Å². The molecule has 1 aromatic heterocycles. The number of rotatable bonds is 8. The van der Waals surface area contributed by atoms with E-state index in [1.807, 2.05) is 12.3 Å². The first kappa shape index (κ1) is 16.6. The van der Waals surface area contributed by atoms with Crippen LogP contribution in [0.2, 0.25) is 0 Å². The smallest absolute Gasteiger partial charge is 0.304 e. The van der Waals surface area contributed by atoms with Gasteiger partial charge in [0.25, 0.3) is 0 Å². The van der Waals surface area contributed by atoms with Crippen molar-refractivity contribution in [3.8, 4) is 10.6 Å². The third kappa shape index (κ3) is 4.89. The van der Waals surface area contributed by atoms with E-state index in [1.54, 1.807) is 12.1 Å². The van der Waals surface area contributed by atoms with E-state index in [4.69, 9.17) is 5.11 Å². The van der Waals surface area contributed by atoms with Crippen LogP contribution in [0, 0.1) is 5.82 Å². The normalized spacial score (nSPS) is 12.3. The zero-order valence-electron chi connectivity index (χ0n) is 12.4. The molecule has 0 saturated heterocycles. The van der Waals surface area contributed by atoms with Gasteiger partial charge in [-0.1, -0.05) is 13.3 Å². The topological polar surface area (TPSA) is 62.2 Å². The average Bonchev–Trinajstić information content (AvgIpc) is 2.94. The molecule has 0 unspecified atom stereocenters. The van der Waals surface area contributed by atoms with E-state index in [0.717, 1.165) is 29.1 Å². The summed E-state index contributed by atoms with van der Waals surface area (Å²) in [5, 5.41) is 14.9. The van der Waals surface area contributed by atoms with Gasteiger partial charge in [-0.15, -0.1) is 11.3 Å². The summed E-state index contributed by atoms with van der Waals surface area (Å²) < 4.78 is 12.9. The fourth-order valence-electron chi connectivity index (χ4n) is 2.20. The number of thiazole rings is 1. The molecule has 118 valence electrons. The predicted octanol–water partition coefficient (Wildman–Crippen LogP) is 3.68. The number of aliphatic carboxylic acids is 1. The molecule has 0 aliphatic rings.